The van der Waals surface area contributed by atoms with Crippen molar-refractivity contribution >= 4 is 37.8 Å². The maximum Gasteiger partial charge on any atom is 0.242 e. The van der Waals surface area contributed by atoms with Crippen molar-refractivity contribution in [3.8, 4) is 0 Å². The van der Waals surface area contributed by atoms with Crippen LogP contribution in [0.1, 0.15) is 39.2 Å². The topological polar surface area (TPSA) is 86.8 Å². The Morgan fingerprint density at radius 1 is 1.00 bits per heavy atom. The SMILES string of the molecule is CC(C)NC(=O)[C@@H](C)N(Cc1ccc(Br)cc1)C(=O)CCCN(C)S(=O)(=O)c1ccccc1. The molecule has 2 aromatic rings. The van der Waals surface area contributed by atoms with E-state index < -0.39 is 16.1 Å². The number of hydrogen-bond acceptors (Lipinski definition) is 4. The number of amides is 2. The summed E-state index contributed by atoms with van der Waals surface area (Å²) in [6, 6.07) is 15.1. The molecule has 33 heavy (non-hydrogen) atoms. The Morgan fingerprint density at radius 3 is 2.18 bits per heavy atom. The van der Waals surface area contributed by atoms with Crippen LogP contribution >= 0.6 is 15.9 Å². The third kappa shape index (κ3) is 7.94. The number of benzene rings is 2. The lowest BCUT2D eigenvalue weighted by atomic mass is 10.1. The van der Waals surface area contributed by atoms with Crippen LogP contribution in [0.15, 0.2) is 64.0 Å². The third-order valence-corrected chi connectivity index (χ3v) is 7.58. The second-order valence-electron chi connectivity index (χ2n) is 8.23. The second-order valence-corrected chi connectivity index (χ2v) is 11.2. The zero-order valence-corrected chi connectivity index (χ0v) is 21.9. The van der Waals surface area contributed by atoms with Crippen molar-refractivity contribution in [3.63, 3.8) is 0 Å². The van der Waals surface area contributed by atoms with Gasteiger partial charge in [-0.3, -0.25) is 9.59 Å². The Labute approximate surface area is 205 Å². The molecule has 0 fully saturated rings. The molecule has 0 heterocycles. The van der Waals surface area contributed by atoms with E-state index in [1.54, 1.807) is 42.2 Å². The van der Waals surface area contributed by atoms with E-state index in [1.165, 1.54) is 11.4 Å². The molecule has 0 aliphatic heterocycles. The minimum absolute atomic E-state index is 0.0403. The molecule has 2 rings (SSSR count). The van der Waals surface area contributed by atoms with Gasteiger partial charge in [0.05, 0.1) is 4.90 Å². The molecular weight excluding hydrogens is 506 g/mol. The number of rotatable bonds is 11. The molecule has 180 valence electrons. The Balaban J connectivity index is 2.07. The Kier molecular flexibility index (Phi) is 10.1. The summed E-state index contributed by atoms with van der Waals surface area (Å²) in [4.78, 5) is 27.5. The highest BCUT2D eigenvalue weighted by molar-refractivity contribution is 9.10. The maximum atomic E-state index is 13.1. The van der Waals surface area contributed by atoms with E-state index in [0.717, 1.165) is 10.0 Å². The Hall–Kier alpha value is -2.23. The monoisotopic (exact) mass is 537 g/mol. The summed E-state index contributed by atoms with van der Waals surface area (Å²) in [6.07, 6.45) is 0.473. The van der Waals surface area contributed by atoms with Crippen LogP contribution in [-0.2, 0) is 26.2 Å². The van der Waals surface area contributed by atoms with E-state index in [1.807, 2.05) is 38.1 Å². The number of carbonyl (C=O) groups is 2. The van der Waals surface area contributed by atoms with Crippen LogP contribution in [-0.4, -0.2) is 55.1 Å². The lowest BCUT2D eigenvalue weighted by Gasteiger charge is -2.29. The number of hydrogen-bond donors (Lipinski definition) is 1. The van der Waals surface area contributed by atoms with Crippen LogP contribution in [0.2, 0.25) is 0 Å². The Morgan fingerprint density at radius 2 is 1.61 bits per heavy atom. The highest BCUT2D eigenvalue weighted by atomic mass is 79.9. The van der Waals surface area contributed by atoms with E-state index in [2.05, 4.69) is 21.2 Å². The summed E-state index contributed by atoms with van der Waals surface area (Å²) in [6.45, 7) is 5.93. The number of sulfonamides is 1. The summed E-state index contributed by atoms with van der Waals surface area (Å²) >= 11 is 3.40. The van der Waals surface area contributed by atoms with Crippen LogP contribution in [0.5, 0.6) is 0 Å². The molecule has 7 nitrogen and oxygen atoms in total. The first kappa shape index (κ1) is 27.0. The van der Waals surface area contributed by atoms with E-state index in [4.69, 9.17) is 0 Å². The van der Waals surface area contributed by atoms with Gasteiger partial charge in [0.2, 0.25) is 21.8 Å². The molecule has 0 aromatic heterocycles. The van der Waals surface area contributed by atoms with Gasteiger partial charge in [0.25, 0.3) is 0 Å². The largest absolute Gasteiger partial charge is 0.352 e. The molecule has 0 bridgehead atoms. The maximum absolute atomic E-state index is 13.1. The number of nitrogens with zero attached hydrogens (tertiary/aromatic N) is 2. The highest BCUT2D eigenvalue weighted by Crippen LogP contribution is 2.17. The zero-order valence-electron chi connectivity index (χ0n) is 19.5. The van der Waals surface area contributed by atoms with Gasteiger partial charge in [-0.05, 0) is 57.0 Å². The first-order chi connectivity index (χ1) is 15.5. The molecule has 0 saturated heterocycles. The second kappa shape index (κ2) is 12.3. The van der Waals surface area contributed by atoms with Crippen LogP contribution < -0.4 is 5.32 Å². The summed E-state index contributed by atoms with van der Waals surface area (Å²) in [5, 5.41) is 2.86. The van der Waals surface area contributed by atoms with Crippen molar-refractivity contribution in [2.75, 3.05) is 13.6 Å². The van der Waals surface area contributed by atoms with Crippen LogP contribution in [0, 0.1) is 0 Å². The highest BCUT2D eigenvalue weighted by Gasteiger charge is 2.27. The first-order valence-electron chi connectivity index (χ1n) is 10.9. The summed E-state index contributed by atoms with van der Waals surface area (Å²) < 4.78 is 27.6. The minimum atomic E-state index is -3.61. The fourth-order valence-electron chi connectivity index (χ4n) is 3.26. The van der Waals surface area contributed by atoms with Gasteiger partial charge >= 0.3 is 0 Å². The van der Waals surface area contributed by atoms with Gasteiger partial charge in [-0.15, -0.1) is 0 Å². The average Bonchev–Trinajstić information content (AvgIpc) is 2.78. The van der Waals surface area contributed by atoms with Gasteiger partial charge in [0.15, 0.2) is 0 Å². The third-order valence-electron chi connectivity index (χ3n) is 5.18. The fourth-order valence-corrected chi connectivity index (χ4v) is 4.76. The molecule has 1 atom stereocenters. The molecule has 1 N–H and O–H groups in total. The number of nitrogens with one attached hydrogen (secondary N) is 1. The van der Waals surface area contributed by atoms with E-state index >= 15 is 0 Å². The normalized spacial score (nSPS) is 12.6. The summed E-state index contributed by atoms with van der Waals surface area (Å²) in [5.74, 6) is -0.422. The lowest BCUT2D eigenvalue weighted by Crippen LogP contribution is -2.49. The van der Waals surface area contributed by atoms with Crippen LogP contribution in [0.3, 0.4) is 0 Å². The van der Waals surface area contributed by atoms with Gasteiger partial charge in [-0.2, -0.15) is 0 Å². The molecule has 0 aliphatic carbocycles. The molecule has 0 spiro atoms. The molecule has 0 radical (unpaired) electrons. The van der Waals surface area contributed by atoms with E-state index in [9.17, 15) is 18.0 Å². The van der Waals surface area contributed by atoms with Crippen molar-refractivity contribution < 1.29 is 18.0 Å². The molecule has 2 amide bonds. The van der Waals surface area contributed by atoms with Gasteiger partial charge in [0.1, 0.15) is 6.04 Å². The lowest BCUT2D eigenvalue weighted by molar-refractivity contribution is -0.140. The van der Waals surface area contributed by atoms with Gasteiger partial charge in [-0.25, -0.2) is 12.7 Å². The molecule has 9 heteroatoms. The van der Waals surface area contributed by atoms with Crippen molar-refractivity contribution in [3.05, 3.63) is 64.6 Å². The van der Waals surface area contributed by atoms with Crippen molar-refractivity contribution in [2.45, 2.75) is 57.1 Å². The minimum Gasteiger partial charge on any atom is -0.352 e. The number of halogens is 1. The van der Waals surface area contributed by atoms with E-state index in [0.29, 0.717) is 6.42 Å². The number of carbonyl (C=O) groups excluding carboxylic acids is 2. The fraction of sp³-hybridized carbons (Fsp3) is 0.417. The van der Waals surface area contributed by atoms with Crippen molar-refractivity contribution in [1.82, 2.24) is 14.5 Å². The van der Waals surface area contributed by atoms with Crippen LogP contribution in [0.25, 0.3) is 0 Å². The van der Waals surface area contributed by atoms with Crippen molar-refractivity contribution in [1.29, 1.82) is 0 Å². The van der Waals surface area contributed by atoms with Gasteiger partial charge in [0, 0.05) is 37.1 Å². The Bertz CT molecular complexity index is 1030. The quantitative estimate of drug-likeness (QED) is 0.472. The molecule has 2 aromatic carbocycles. The predicted molar refractivity (Wildman–Crippen MR) is 133 cm³/mol. The predicted octanol–water partition coefficient (Wildman–Crippen LogP) is 3.79. The zero-order chi connectivity index (χ0) is 24.6. The van der Waals surface area contributed by atoms with Crippen LogP contribution in [0.4, 0.5) is 0 Å². The first-order valence-corrected chi connectivity index (χ1v) is 13.1. The molecular formula is C24H32BrN3O4S. The standard InChI is InChI=1S/C24H32BrN3O4S/c1-18(2)26-24(30)19(3)28(17-20-12-14-21(25)15-13-20)23(29)11-8-16-27(4)33(31,32)22-9-6-5-7-10-22/h5-7,9-10,12-15,18-19H,8,11,16-17H2,1-4H3,(H,26,30)/t19-/m1/s1. The van der Waals surface area contributed by atoms with E-state index in [-0.39, 0.29) is 42.3 Å². The molecule has 0 saturated carbocycles. The van der Waals surface area contributed by atoms with Gasteiger partial charge in [-0.1, -0.05) is 46.3 Å². The summed E-state index contributed by atoms with van der Waals surface area (Å²) in [5.41, 5.74) is 0.902. The van der Waals surface area contributed by atoms with Gasteiger partial charge < -0.3 is 10.2 Å². The molecule has 0 aliphatic rings. The molecule has 0 unspecified atom stereocenters. The summed E-state index contributed by atoms with van der Waals surface area (Å²) in [7, 11) is -2.11. The smallest absolute Gasteiger partial charge is 0.242 e. The van der Waals surface area contributed by atoms with Crippen molar-refractivity contribution in [2.24, 2.45) is 0 Å². The average molecular weight is 539 g/mol.